The van der Waals surface area contributed by atoms with E-state index in [0.29, 0.717) is 23.8 Å². The largest absolute Gasteiger partial charge is 0.492 e. The highest BCUT2D eigenvalue weighted by Crippen LogP contribution is 2.23. The van der Waals surface area contributed by atoms with Gasteiger partial charge in [0.2, 0.25) is 5.91 Å². The Kier molecular flexibility index (Phi) is 5.65. The molecular formula is C22H20N4O5. The first-order chi connectivity index (χ1) is 15.1. The fourth-order valence-corrected chi connectivity index (χ4v) is 3.27. The Balaban J connectivity index is 1.72. The molecule has 3 heterocycles. The van der Waals surface area contributed by atoms with Gasteiger partial charge in [0.1, 0.15) is 23.7 Å². The van der Waals surface area contributed by atoms with Crippen LogP contribution in [-0.4, -0.2) is 26.6 Å². The number of nitrogens with one attached hydrogen (secondary N) is 1. The van der Waals surface area contributed by atoms with Crippen LogP contribution in [-0.2, 0) is 17.9 Å². The normalized spacial score (nSPS) is 10.9. The zero-order chi connectivity index (χ0) is 21.8. The quantitative estimate of drug-likeness (QED) is 0.491. The molecule has 0 aliphatic rings. The maximum Gasteiger partial charge on any atom is 0.333 e. The number of hydrogen-bond donors (Lipinski definition) is 1. The van der Waals surface area contributed by atoms with Gasteiger partial charge in [-0.1, -0.05) is 12.1 Å². The predicted molar refractivity (Wildman–Crippen MR) is 114 cm³/mol. The van der Waals surface area contributed by atoms with Crippen molar-refractivity contribution in [2.75, 3.05) is 11.9 Å². The standard InChI is InChI=1S/C22H20N4O5/c1-2-30-18-10-4-3-9-17(18)24-19(27)14-25-20-16(8-5-11-23-20)21(28)26(22(25)29)13-15-7-6-12-31-15/h3-12H,2,13-14H2,1H3,(H,24,27). The highest BCUT2D eigenvalue weighted by Gasteiger charge is 2.18. The number of aromatic nitrogens is 3. The molecule has 1 N–H and O–H groups in total. The minimum absolute atomic E-state index is 0.0513. The van der Waals surface area contributed by atoms with Crippen molar-refractivity contribution in [3.8, 4) is 5.75 Å². The van der Waals surface area contributed by atoms with E-state index in [1.54, 1.807) is 48.5 Å². The van der Waals surface area contributed by atoms with Gasteiger partial charge >= 0.3 is 5.69 Å². The van der Waals surface area contributed by atoms with E-state index in [4.69, 9.17) is 9.15 Å². The van der Waals surface area contributed by atoms with E-state index < -0.39 is 17.2 Å². The van der Waals surface area contributed by atoms with E-state index >= 15 is 0 Å². The number of pyridine rings is 1. The molecule has 3 aromatic heterocycles. The van der Waals surface area contributed by atoms with Crippen molar-refractivity contribution in [1.82, 2.24) is 14.1 Å². The highest BCUT2D eigenvalue weighted by molar-refractivity contribution is 5.92. The van der Waals surface area contributed by atoms with Crippen molar-refractivity contribution in [3.63, 3.8) is 0 Å². The molecule has 0 fully saturated rings. The lowest BCUT2D eigenvalue weighted by atomic mass is 10.3. The van der Waals surface area contributed by atoms with Gasteiger partial charge in [-0.05, 0) is 43.3 Å². The Morgan fingerprint density at radius 1 is 1.10 bits per heavy atom. The molecule has 1 aromatic carbocycles. The summed E-state index contributed by atoms with van der Waals surface area (Å²) >= 11 is 0. The number of para-hydroxylation sites is 2. The molecule has 0 bridgehead atoms. The average Bonchev–Trinajstić information content (AvgIpc) is 3.29. The molecule has 158 valence electrons. The van der Waals surface area contributed by atoms with Crippen molar-refractivity contribution in [2.24, 2.45) is 0 Å². The number of fused-ring (bicyclic) bond motifs is 1. The molecule has 0 radical (unpaired) electrons. The third-order valence-electron chi connectivity index (χ3n) is 4.64. The molecule has 0 aliphatic carbocycles. The van der Waals surface area contributed by atoms with Crippen LogP contribution < -0.4 is 21.3 Å². The third-order valence-corrected chi connectivity index (χ3v) is 4.64. The first kappa shape index (κ1) is 20.1. The van der Waals surface area contributed by atoms with Crippen molar-refractivity contribution >= 4 is 22.6 Å². The van der Waals surface area contributed by atoms with E-state index in [1.165, 1.54) is 17.0 Å². The lowest BCUT2D eigenvalue weighted by Crippen LogP contribution is -2.42. The van der Waals surface area contributed by atoms with Gasteiger partial charge in [-0.2, -0.15) is 0 Å². The van der Waals surface area contributed by atoms with Gasteiger partial charge in [0, 0.05) is 6.20 Å². The fraction of sp³-hybridized carbons (Fsp3) is 0.182. The number of benzene rings is 1. The SMILES string of the molecule is CCOc1ccccc1NC(=O)Cn1c(=O)n(Cc2ccco2)c(=O)c2cccnc21. The number of nitrogens with zero attached hydrogens (tertiary/aromatic N) is 3. The van der Waals surface area contributed by atoms with Gasteiger partial charge in [-0.25, -0.2) is 9.78 Å². The number of anilines is 1. The Morgan fingerprint density at radius 2 is 1.94 bits per heavy atom. The Hall–Kier alpha value is -4.14. The first-order valence-corrected chi connectivity index (χ1v) is 9.71. The topological polar surface area (TPSA) is 108 Å². The molecule has 0 spiro atoms. The van der Waals surface area contributed by atoms with Crippen LogP contribution in [0.1, 0.15) is 12.7 Å². The molecule has 0 atom stereocenters. The molecule has 4 aromatic rings. The monoisotopic (exact) mass is 420 g/mol. The van der Waals surface area contributed by atoms with Crippen molar-refractivity contribution in [1.29, 1.82) is 0 Å². The lowest BCUT2D eigenvalue weighted by molar-refractivity contribution is -0.116. The molecule has 0 aliphatic heterocycles. The maximum atomic E-state index is 13.1. The summed E-state index contributed by atoms with van der Waals surface area (Å²) in [4.78, 5) is 43.0. The van der Waals surface area contributed by atoms with E-state index in [1.807, 2.05) is 6.92 Å². The van der Waals surface area contributed by atoms with Crippen LogP contribution in [0.25, 0.3) is 11.0 Å². The second-order valence-corrected chi connectivity index (χ2v) is 6.69. The van der Waals surface area contributed by atoms with Gasteiger partial charge < -0.3 is 14.5 Å². The van der Waals surface area contributed by atoms with Gasteiger partial charge in [0.05, 0.1) is 30.5 Å². The summed E-state index contributed by atoms with van der Waals surface area (Å²) in [6, 6.07) is 13.5. The molecule has 0 unspecified atom stereocenters. The number of rotatable bonds is 7. The van der Waals surface area contributed by atoms with Crippen LogP contribution in [0.15, 0.2) is 75.0 Å². The molecular weight excluding hydrogens is 400 g/mol. The molecule has 0 saturated carbocycles. The van der Waals surface area contributed by atoms with Crippen molar-refractivity contribution < 1.29 is 13.9 Å². The van der Waals surface area contributed by atoms with Crippen LogP contribution in [0.2, 0.25) is 0 Å². The average molecular weight is 420 g/mol. The summed E-state index contributed by atoms with van der Waals surface area (Å²) in [5.74, 6) is 0.518. The van der Waals surface area contributed by atoms with E-state index in [2.05, 4.69) is 10.3 Å². The zero-order valence-electron chi connectivity index (χ0n) is 16.8. The molecule has 9 heteroatoms. The van der Waals surface area contributed by atoms with E-state index in [-0.39, 0.29) is 24.1 Å². The number of carbonyl (C=O) groups excluding carboxylic acids is 1. The summed E-state index contributed by atoms with van der Waals surface area (Å²) in [7, 11) is 0. The lowest BCUT2D eigenvalue weighted by Gasteiger charge is -2.14. The summed E-state index contributed by atoms with van der Waals surface area (Å²) in [6.07, 6.45) is 2.93. The van der Waals surface area contributed by atoms with Crippen LogP contribution in [0.5, 0.6) is 5.75 Å². The smallest absolute Gasteiger partial charge is 0.333 e. The van der Waals surface area contributed by atoms with E-state index in [0.717, 1.165) is 4.57 Å². The van der Waals surface area contributed by atoms with Gasteiger partial charge in [-0.3, -0.25) is 18.7 Å². The van der Waals surface area contributed by atoms with Crippen molar-refractivity contribution in [2.45, 2.75) is 20.0 Å². The number of hydrogen-bond acceptors (Lipinski definition) is 6. The van der Waals surface area contributed by atoms with Crippen LogP contribution >= 0.6 is 0 Å². The Bertz CT molecular complexity index is 1340. The summed E-state index contributed by atoms with van der Waals surface area (Å²) in [5, 5.41) is 2.99. The van der Waals surface area contributed by atoms with Crippen molar-refractivity contribution in [3.05, 3.63) is 87.6 Å². The number of furan rings is 1. The highest BCUT2D eigenvalue weighted by atomic mass is 16.5. The minimum Gasteiger partial charge on any atom is -0.492 e. The second-order valence-electron chi connectivity index (χ2n) is 6.69. The van der Waals surface area contributed by atoms with Gasteiger partial charge in [-0.15, -0.1) is 0 Å². The molecule has 31 heavy (non-hydrogen) atoms. The summed E-state index contributed by atoms with van der Waals surface area (Å²) < 4.78 is 13.0. The molecule has 0 saturated heterocycles. The number of amides is 1. The first-order valence-electron chi connectivity index (χ1n) is 9.71. The zero-order valence-corrected chi connectivity index (χ0v) is 16.8. The fourth-order valence-electron chi connectivity index (χ4n) is 3.27. The minimum atomic E-state index is -0.652. The predicted octanol–water partition coefficient (Wildman–Crippen LogP) is 2.24. The summed E-state index contributed by atoms with van der Waals surface area (Å²) in [6.45, 7) is 1.91. The van der Waals surface area contributed by atoms with Crippen LogP contribution in [0, 0.1) is 0 Å². The van der Waals surface area contributed by atoms with Gasteiger partial charge in [0.15, 0.2) is 0 Å². The van der Waals surface area contributed by atoms with E-state index in [9.17, 15) is 14.4 Å². The van der Waals surface area contributed by atoms with Crippen LogP contribution in [0.3, 0.4) is 0 Å². The summed E-state index contributed by atoms with van der Waals surface area (Å²) in [5.41, 5.74) is -0.520. The molecule has 9 nitrogen and oxygen atoms in total. The Morgan fingerprint density at radius 3 is 2.71 bits per heavy atom. The molecule has 4 rings (SSSR count). The number of ether oxygens (including phenoxy) is 1. The molecule has 1 amide bonds. The Labute approximate surface area is 176 Å². The third kappa shape index (κ3) is 4.11. The van der Waals surface area contributed by atoms with Crippen LogP contribution in [0.4, 0.5) is 5.69 Å². The maximum absolute atomic E-state index is 13.1. The van der Waals surface area contributed by atoms with Gasteiger partial charge in [0.25, 0.3) is 5.56 Å². The second kappa shape index (κ2) is 8.70. The number of carbonyl (C=O) groups is 1.